The lowest BCUT2D eigenvalue weighted by Gasteiger charge is -2.10. The van der Waals surface area contributed by atoms with Crippen LogP contribution in [0.15, 0.2) is 79.0 Å². The molecular formula is C24H19N2+. The van der Waals surface area contributed by atoms with Crippen LogP contribution in [0.4, 0.5) is 0 Å². The number of aryl methyl sites for hydroxylation is 2. The number of pyridine rings is 2. The molecule has 2 aromatic heterocycles. The Labute approximate surface area is 152 Å². The molecule has 0 fully saturated rings. The molecule has 0 amide bonds. The van der Waals surface area contributed by atoms with Crippen molar-refractivity contribution in [1.82, 2.24) is 4.98 Å². The third-order valence-electron chi connectivity index (χ3n) is 5.29. The fraction of sp³-hybridized carbons (Fsp3) is 0.0833. The van der Waals surface area contributed by atoms with Gasteiger partial charge in [0, 0.05) is 40.1 Å². The van der Waals surface area contributed by atoms with Gasteiger partial charge in [0.15, 0.2) is 0 Å². The monoisotopic (exact) mass is 335 g/mol. The predicted molar refractivity (Wildman–Crippen MR) is 108 cm³/mol. The Kier molecular flexibility index (Phi) is 3.26. The molecule has 0 atom stereocenters. The van der Waals surface area contributed by atoms with E-state index in [1.165, 1.54) is 43.9 Å². The lowest BCUT2D eigenvalue weighted by molar-refractivity contribution is -0.633. The average molecular weight is 335 g/mol. The van der Waals surface area contributed by atoms with Crippen molar-refractivity contribution in [3.63, 3.8) is 0 Å². The van der Waals surface area contributed by atoms with Crippen molar-refractivity contribution < 1.29 is 4.57 Å². The van der Waals surface area contributed by atoms with Crippen molar-refractivity contribution in [1.29, 1.82) is 0 Å². The van der Waals surface area contributed by atoms with E-state index in [2.05, 4.69) is 96.3 Å². The lowest BCUT2D eigenvalue weighted by Crippen LogP contribution is -2.32. The number of hydrogen-bond donors (Lipinski definition) is 0. The summed E-state index contributed by atoms with van der Waals surface area (Å²) in [6, 6.07) is 25.9. The van der Waals surface area contributed by atoms with E-state index >= 15 is 0 Å². The molecule has 0 aliphatic heterocycles. The maximum atomic E-state index is 4.67. The predicted octanol–water partition coefficient (Wildman–Crippen LogP) is 5.34. The van der Waals surface area contributed by atoms with Crippen molar-refractivity contribution in [2.75, 3.05) is 0 Å². The van der Waals surface area contributed by atoms with Gasteiger partial charge in [-0.15, -0.1) is 0 Å². The second-order valence-electron chi connectivity index (χ2n) is 6.87. The lowest BCUT2D eigenvalue weighted by atomic mass is 9.98. The van der Waals surface area contributed by atoms with Gasteiger partial charge in [-0.1, -0.05) is 36.4 Å². The summed E-state index contributed by atoms with van der Waals surface area (Å²) in [5, 5.41) is 4.89. The summed E-state index contributed by atoms with van der Waals surface area (Å²) < 4.78 is 2.28. The fourth-order valence-electron chi connectivity index (χ4n) is 3.90. The first-order valence-corrected chi connectivity index (χ1v) is 8.88. The van der Waals surface area contributed by atoms with Gasteiger partial charge in [-0.25, -0.2) is 0 Å². The van der Waals surface area contributed by atoms with Crippen LogP contribution in [-0.4, -0.2) is 4.98 Å². The summed E-state index contributed by atoms with van der Waals surface area (Å²) in [4.78, 5) is 4.67. The van der Waals surface area contributed by atoms with E-state index in [4.69, 9.17) is 0 Å². The van der Waals surface area contributed by atoms with E-state index in [9.17, 15) is 0 Å². The van der Waals surface area contributed by atoms with Gasteiger partial charge in [0.25, 0.3) is 0 Å². The Morgan fingerprint density at radius 1 is 0.769 bits per heavy atom. The van der Waals surface area contributed by atoms with Crippen LogP contribution in [0.25, 0.3) is 43.8 Å². The molecule has 0 aliphatic carbocycles. The Bertz CT molecular complexity index is 1300. The third kappa shape index (κ3) is 2.19. The van der Waals surface area contributed by atoms with Crippen LogP contribution in [0.1, 0.15) is 5.56 Å². The number of fused-ring (bicyclic) bond motifs is 4. The molecule has 0 radical (unpaired) electrons. The largest absolute Gasteiger partial charge is 0.256 e. The Hall–Kier alpha value is -3.26. The van der Waals surface area contributed by atoms with E-state index in [1.807, 2.05) is 6.20 Å². The van der Waals surface area contributed by atoms with E-state index in [0.717, 1.165) is 5.52 Å². The first kappa shape index (κ1) is 15.0. The van der Waals surface area contributed by atoms with E-state index < -0.39 is 0 Å². The number of hydrogen-bond acceptors (Lipinski definition) is 1. The van der Waals surface area contributed by atoms with Crippen LogP contribution in [0.3, 0.4) is 0 Å². The van der Waals surface area contributed by atoms with Crippen molar-refractivity contribution in [3.8, 4) is 11.3 Å². The quantitative estimate of drug-likeness (QED) is 0.298. The second kappa shape index (κ2) is 5.63. The molecule has 2 nitrogen and oxygen atoms in total. The van der Waals surface area contributed by atoms with Crippen LogP contribution in [0.2, 0.25) is 0 Å². The van der Waals surface area contributed by atoms with E-state index in [-0.39, 0.29) is 0 Å². The fourth-order valence-corrected chi connectivity index (χ4v) is 3.90. The minimum Gasteiger partial charge on any atom is -0.256 e. The van der Waals surface area contributed by atoms with Crippen molar-refractivity contribution >= 4 is 32.6 Å². The van der Waals surface area contributed by atoms with E-state index in [0.29, 0.717) is 0 Å². The molecule has 0 saturated carbocycles. The SMILES string of the molecule is Cc1cc2ncc3ccccc3c2cc1-c1ccc2ccccc2[n+]1C. The summed E-state index contributed by atoms with van der Waals surface area (Å²) >= 11 is 0. The molecular weight excluding hydrogens is 316 g/mol. The topological polar surface area (TPSA) is 16.8 Å². The number of rotatable bonds is 1. The first-order chi connectivity index (χ1) is 12.7. The van der Waals surface area contributed by atoms with Gasteiger partial charge in [0.1, 0.15) is 7.05 Å². The molecule has 5 aromatic rings. The highest BCUT2D eigenvalue weighted by Crippen LogP contribution is 2.30. The Morgan fingerprint density at radius 2 is 1.54 bits per heavy atom. The van der Waals surface area contributed by atoms with Crippen molar-refractivity contribution in [2.24, 2.45) is 7.05 Å². The first-order valence-electron chi connectivity index (χ1n) is 8.88. The van der Waals surface area contributed by atoms with E-state index in [1.54, 1.807) is 0 Å². The zero-order chi connectivity index (χ0) is 17.7. The molecule has 2 heteroatoms. The van der Waals surface area contributed by atoms with Gasteiger partial charge in [0.2, 0.25) is 11.2 Å². The molecule has 0 spiro atoms. The standard InChI is InChI=1S/C24H19N2/c1-16-13-22-21(19-9-5-3-8-18(19)15-25-22)14-20(16)24-12-11-17-7-4-6-10-23(17)26(24)2/h3-15H,1-2H3/q+1. The minimum absolute atomic E-state index is 1.05. The number of nitrogens with zero attached hydrogens (tertiary/aromatic N) is 2. The normalized spacial score (nSPS) is 11.5. The highest BCUT2D eigenvalue weighted by molar-refractivity contribution is 6.06. The van der Waals surface area contributed by atoms with Crippen molar-refractivity contribution in [3.05, 3.63) is 84.6 Å². The maximum absolute atomic E-state index is 4.67. The molecule has 0 bridgehead atoms. The maximum Gasteiger partial charge on any atom is 0.213 e. The molecule has 0 aliphatic rings. The zero-order valence-electron chi connectivity index (χ0n) is 14.9. The molecule has 0 saturated heterocycles. The highest BCUT2D eigenvalue weighted by Gasteiger charge is 2.17. The molecule has 0 unspecified atom stereocenters. The third-order valence-corrected chi connectivity index (χ3v) is 5.29. The van der Waals surface area contributed by atoms with Crippen molar-refractivity contribution in [2.45, 2.75) is 6.92 Å². The smallest absolute Gasteiger partial charge is 0.213 e. The Balaban J connectivity index is 1.85. The molecule has 5 rings (SSSR count). The zero-order valence-corrected chi connectivity index (χ0v) is 14.9. The van der Waals surface area contributed by atoms with Gasteiger partial charge in [-0.3, -0.25) is 4.98 Å². The summed E-state index contributed by atoms with van der Waals surface area (Å²) in [7, 11) is 2.14. The Morgan fingerprint density at radius 3 is 2.42 bits per heavy atom. The van der Waals surface area contributed by atoms with Crippen LogP contribution in [-0.2, 0) is 7.05 Å². The molecule has 3 aromatic carbocycles. The number of para-hydroxylation sites is 1. The summed E-state index contributed by atoms with van der Waals surface area (Å²) in [6.45, 7) is 2.17. The van der Waals surface area contributed by atoms with Gasteiger partial charge in [0.05, 0.1) is 5.52 Å². The van der Waals surface area contributed by atoms with Gasteiger partial charge >= 0.3 is 0 Å². The summed E-state index contributed by atoms with van der Waals surface area (Å²) in [5.74, 6) is 0. The van der Waals surface area contributed by atoms with Crippen LogP contribution < -0.4 is 4.57 Å². The summed E-state index contributed by atoms with van der Waals surface area (Å²) in [5.41, 5.74) is 6.00. The molecule has 0 N–H and O–H groups in total. The molecule has 26 heavy (non-hydrogen) atoms. The number of aromatic nitrogens is 2. The average Bonchev–Trinajstić information content (AvgIpc) is 2.68. The highest BCUT2D eigenvalue weighted by atomic mass is 14.9. The minimum atomic E-state index is 1.05. The number of benzene rings is 3. The van der Waals surface area contributed by atoms with Crippen LogP contribution >= 0.6 is 0 Å². The second-order valence-corrected chi connectivity index (χ2v) is 6.87. The molecule has 124 valence electrons. The van der Waals surface area contributed by atoms with Gasteiger partial charge in [-0.05, 0) is 42.1 Å². The van der Waals surface area contributed by atoms with Gasteiger partial charge in [-0.2, -0.15) is 4.57 Å². The van der Waals surface area contributed by atoms with Gasteiger partial charge < -0.3 is 0 Å². The van der Waals surface area contributed by atoms with Crippen LogP contribution in [0, 0.1) is 6.92 Å². The summed E-state index contributed by atoms with van der Waals surface area (Å²) in [6.07, 6.45) is 1.97. The van der Waals surface area contributed by atoms with Crippen LogP contribution in [0.5, 0.6) is 0 Å². The molecule has 2 heterocycles.